The SMILES string of the molecule is C=CC(=O)N1CCN(c2ccc(CCC(=O)O)o2)C(=O)[C@@H]1C. The smallest absolute Gasteiger partial charge is 0.303 e. The largest absolute Gasteiger partial charge is 0.481 e. The molecule has 2 amide bonds. The number of carboxylic acids is 1. The van der Waals surface area contributed by atoms with E-state index < -0.39 is 12.0 Å². The van der Waals surface area contributed by atoms with Gasteiger partial charge in [0.05, 0.1) is 6.42 Å². The molecule has 0 aliphatic carbocycles. The summed E-state index contributed by atoms with van der Waals surface area (Å²) < 4.78 is 5.53. The Balaban J connectivity index is 2.08. The van der Waals surface area contributed by atoms with Gasteiger partial charge in [0.1, 0.15) is 11.8 Å². The van der Waals surface area contributed by atoms with Gasteiger partial charge in [-0.3, -0.25) is 19.3 Å². The molecule has 1 saturated heterocycles. The molecule has 1 fully saturated rings. The van der Waals surface area contributed by atoms with Crippen molar-refractivity contribution < 1.29 is 23.9 Å². The third kappa shape index (κ3) is 3.19. The Labute approximate surface area is 127 Å². The first-order chi connectivity index (χ1) is 10.4. The van der Waals surface area contributed by atoms with Crippen LogP contribution in [0.5, 0.6) is 0 Å². The lowest BCUT2D eigenvalue weighted by Crippen LogP contribution is -2.57. The van der Waals surface area contributed by atoms with Crippen molar-refractivity contribution in [3.8, 4) is 0 Å². The zero-order chi connectivity index (χ0) is 16.3. The van der Waals surface area contributed by atoms with Gasteiger partial charge in [0.2, 0.25) is 11.8 Å². The lowest BCUT2D eigenvalue weighted by molar-refractivity contribution is -0.137. The fourth-order valence-corrected chi connectivity index (χ4v) is 2.38. The number of piperazine rings is 1. The Morgan fingerprint density at radius 1 is 1.45 bits per heavy atom. The summed E-state index contributed by atoms with van der Waals surface area (Å²) in [5.74, 6) is -0.521. The van der Waals surface area contributed by atoms with Crippen molar-refractivity contribution in [2.45, 2.75) is 25.8 Å². The van der Waals surface area contributed by atoms with Crippen LogP contribution in [0.3, 0.4) is 0 Å². The van der Waals surface area contributed by atoms with Crippen LogP contribution >= 0.6 is 0 Å². The Bertz CT molecular complexity index is 607. The molecule has 2 heterocycles. The second-order valence-electron chi connectivity index (χ2n) is 5.04. The van der Waals surface area contributed by atoms with Crippen LogP contribution in [0.15, 0.2) is 29.2 Å². The number of hydrogen-bond donors (Lipinski definition) is 1. The molecule has 2 rings (SSSR count). The lowest BCUT2D eigenvalue weighted by Gasteiger charge is -2.37. The Kier molecular flexibility index (Phi) is 4.65. The van der Waals surface area contributed by atoms with Crippen LogP contribution in [-0.2, 0) is 20.8 Å². The molecule has 0 aromatic carbocycles. The Hall–Kier alpha value is -2.57. The van der Waals surface area contributed by atoms with Gasteiger partial charge in [0, 0.05) is 25.6 Å². The minimum Gasteiger partial charge on any atom is -0.481 e. The van der Waals surface area contributed by atoms with Crippen LogP contribution in [0.25, 0.3) is 0 Å². The first kappa shape index (κ1) is 15.8. The molecule has 1 aliphatic rings. The number of nitrogens with zero attached hydrogens (tertiary/aromatic N) is 2. The quantitative estimate of drug-likeness (QED) is 0.821. The number of amides is 2. The summed E-state index contributed by atoms with van der Waals surface area (Å²) in [5, 5.41) is 8.66. The number of rotatable bonds is 5. The minimum atomic E-state index is -0.904. The van der Waals surface area contributed by atoms with E-state index in [0.717, 1.165) is 0 Å². The van der Waals surface area contributed by atoms with E-state index in [1.807, 2.05) is 0 Å². The van der Waals surface area contributed by atoms with Gasteiger partial charge in [-0.05, 0) is 19.1 Å². The highest BCUT2D eigenvalue weighted by atomic mass is 16.4. The maximum atomic E-state index is 12.4. The minimum absolute atomic E-state index is 0.0289. The van der Waals surface area contributed by atoms with Crippen molar-refractivity contribution in [1.29, 1.82) is 0 Å². The van der Waals surface area contributed by atoms with Crippen molar-refractivity contribution in [2.24, 2.45) is 0 Å². The summed E-state index contributed by atoms with van der Waals surface area (Å²) in [6.07, 6.45) is 1.43. The molecular weight excluding hydrogens is 288 g/mol. The van der Waals surface area contributed by atoms with Crippen molar-refractivity contribution in [3.63, 3.8) is 0 Å². The van der Waals surface area contributed by atoms with Crippen molar-refractivity contribution >= 4 is 23.7 Å². The first-order valence-electron chi connectivity index (χ1n) is 6.99. The second-order valence-corrected chi connectivity index (χ2v) is 5.04. The number of carbonyl (C=O) groups excluding carboxylic acids is 2. The number of aliphatic carboxylic acids is 1. The number of carboxylic acid groups (broad SMARTS) is 1. The number of aryl methyl sites for hydroxylation is 1. The topological polar surface area (TPSA) is 91.1 Å². The van der Waals surface area contributed by atoms with Crippen LogP contribution in [0.1, 0.15) is 19.1 Å². The van der Waals surface area contributed by atoms with Gasteiger partial charge in [0.25, 0.3) is 5.91 Å². The van der Waals surface area contributed by atoms with Crippen molar-refractivity contribution in [2.75, 3.05) is 18.0 Å². The van der Waals surface area contributed by atoms with Gasteiger partial charge in [0.15, 0.2) is 0 Å². The van der Waals surface area contributed by atoms with E-state index in [1.165, 1.54) is 15.9 Å². The molecule has 0 bridgehead atoms. The molecule has 1 atom stereocenters. The third-order valence-electron chi connectivity index (χ3n) is 3.61. The molecule has 1 aromatic heterocycles. The molecule has 1 aliphatic heterocycles. The van der Waals surface area contributed by atoms with E-state index in [0.29, 0.717) is 24.7 Å². The maximum Gasteiger partial charge on any atom is 0.303 e. The monoisotopic (exact) mass is 306 g/mol. The van der Waals surface area contributed by atoms with E-state index in [9.17, 15) is 14.4 Å². The van der Waals surface area contributed by atoms with E-state index in [-0.39, 0.29) is 24.7 Å². The van der Waals surface area contributed by atoms with Gasteiger partial charge in [-0.25, -0.2) is 0 Å². The summed E-state index contributed by atoms with van der Waals surface area (Å²) in [6.45, 7) is 5.80. The van der Waals surface area contributed by atoms with E-state index >= 15 is 0 Å². The number of carbonyl (C=O) groups is 3. The normalized spacial score (nSPS) is 18.4. The highest BCUT2D eigenvalue weighted by Gasteiger charge is 2.35. The molecule has 1 N–H and O–H groups in total. The third-order valence-corrected chi connectivity index (χ3v) is 3.61. The molecule has 1 aromatic rings. The number of hydrogen-bond acceptors (Lipinski definition) is 4. The molecule has 7 heteroatoms. The van der Waals surface area contributed by atoms with E-state index in [4.69, 9.17) is 9.52 Å². The molecule has 0 spiro atoms. The zero-order valence-electron chi connectivity index (χ0n) is 12.3. The molecule has 7 nitrogen and oxygen atoms in total. The van der Waals surface area contributed by atoms with Gasteiger partial charge in [-0.2, -0.15) is 0 Å². The Morgan fingerprint density at radius 2 is 2.18 bits per heavy atom. The van der Waals surface area contributed by atoms with Gasteiger partial charge in [-0.1, -0.05) is 6.58 Å². The summed E-state index contributed by atoms with van der Waals surface area (Å²) in [6, 6.07) is 2.72. The second kappa shape index (κ2) is 6.46. The average molecular weight is 306 g/mol. The van der Waals surface area contributed by atoms with Crippen molar-refractivity contribution in [1.82, 2.24) is 4.90 Å². The Morgan fingerprint density at radius 3 is 2.82 bits per heavy atom. The average Bonchev–Trinajstić information content (AvgIpc) is 2.95. The standard InChI is InChI=1S/C15H18N2O5/c1-3-12(18)16-8-9-17(15(21)10(16)2)13-6-4-11(22-13)5-7-14(19)20/h3-4,6,10H,1,5,7-9H2,2H3,(H,19,20)/t10-/m0/s1. The zero-order valence-corrected chi connectivity index (χ0v) is 12.3. The molecule has 0 saturated carbocycles. The van der Waals surface area contributed by atoms with Crippen LogP contribution < -0.4 is 4.90 Å². The number of furan rings is 1. The predicted octanol–water partition coefficient (Wildman–Crippen LogP) is 1.05. The molecule has 0 unspecified atom stereocenters. The van der Waals surface area contributed by atoms with Crippen LogP contribution in [0.4, 0.5) is 5.88 Å². The number of anilines is 1. The van der Waals surface area contributed by atoms with Gasteiger partial charge < -0.3 is 14.4 Å². The maximum absolute atomic E-state index is 12.4. The van der Waals surface area contributed by atoms with Crippen molar-refractivity contribution in [3.05, 3.63) is 30.5 Å². The fourth-order valence-electron chi connectivity index (χ4n) is 2.38. The first-order valence-corrected chi connectivity index (χ1v) is 6.99. The molecule has 0 radical (unpaired) electrons. The molecular formula is C15H18N2O5. The summed E-state index contributed by atoms with van der Waals surface area (Å²) >= 11 is 0. The highest BCUT2D eigenvalue weighted by molar-refractivity contribution is 6.00. The van der Waals surface area contributed by atoms with Gasteiger partial charge >= 0.3 is 5.97 Å². The molecule has 118 valence electrons. The van der Waals surface area contributed by atoms with E-state index in [1.54, 1.807) is 19.1 Å². The summed E-state index contributed by atoms with van der Waals surface area (Å²) in [4.78, 5) is 37.5. The van der Waals surface area contributed by atoms with Crippen LogP contribution in [-0.4, -0.2) is 46.9 Å². The fraction of sp³-hybridized carbons (Fsp3) is 0.400. The van der Waals surface area contributed by atoms with Crippen LogP contribution in [0, 0.1) is 0 Å². The van der Waals surface area contributed by atoms with Gasteiger partial charge in [-0.15, -0.1) is 0 Å². The molecule has 22 heavy (non-hydrogen) atoms. The lowest BCUT2D eigenvalue weighted by atomic mass is 10.1. The predicted molar refractivity (Wildman–Crippen MR) is 78.4 cm³/mol. The summed E-state index contributed by atoms with van der Waals surface area (Å²) in [7, 11) is 0. The summed E-state index contributed by atoms with van der Waals surface area (Å²) in [5.41, 5.74) is 0. The van der Waals surface area contributed by atoms with E-state index in [2.05, 4.69) is 6.58 Å². The van der Waals surface area contributed by atoms with Crippen LogP contribution in [0.2, 0.25) is 0 Å². The highest BCUT2D eigenvalue weighted by Crippen LogP contribution is 2.23.